The molecule has 1 aliphatic carbocycles. The molecule has 1 aromatic carbocycles. The molecule has 0 atom stereocenters. The fourth-order valence-electron chi connectivity index (χ4n) is 4.16. The number of allylic oxidation sites excluding steroid dienone is 2. The molecule has 9 nitrogen and oxygen atoms in total. The Hall–Kier alpha value is -4.37. The first-order valence-electron chi connectivity index (χ1n) is 11.7. The van der Waals surface area contributed by atoms with E-state index in [0.717, 1.165) is 35.2 Å². The maximum Gasteiger partial charge on any atom is 0.356 e. The minimum Gasteiger partial charge on any atom is -0.461 e. The number of ether oxygens (including phenoxy) is 1. The van der Waals surface area contributed by atoms with Gasteiger partial charge in [-0.05, 0) is 30.7 Å². The van der Waals surface area contributed by atoms with Crippen molar-refractivity contribution < 1.29 is 23.9 Å². The van der Waals surface area contributed by atoms with Crippen LogP contribution in [0.3, 0.4) is 0 Å². The molecule has 0 saturated heterocycles. The first-order valence-corrected chi connectivity index (χ1v) is 12.2. The lowest BCUT2D eigenvalue weighted by molar-refractivity contribution is -0.117. The third-order valence-electron chi connectivity index (χ3n) is 5.97. The first kappa shape index (κ1) is 24.3. The summed E-state index contributed by atoms with van der Waals surface area (Å²) in [7, 11) is 0. The van der Waals surface area contributed by atoms with Crippen LogP contribution in [0, 0.1) is 0 Å². The van der Waals surface area contributed by atoms with Crippen molar-refractivity contribution in [1.29, 1.82) is 0 Å². The molecule has 186 valence electrons. The van der Waals surface area contributed by atoms with Crippen molar-refractivity contribution in [3.05, 3.63) is 71.2 Å². The van der Waals surface area contributed by atoms with Gasteiger partial charge < -0.3 is 15.0 Å². The number of para-hydroxylation sites is 1. The first-order chi connectivity index (χ1) is 17.9. The Bertz CT molecular complexity index is 1640. The summed E-state index contributed by atoms with van der Waals surface area (Å²) in [4.78, 5) is 62.6. The van der Waals surface area contributed by atoms with E-state index in [9.17, 15) is 19.2 Å². The van der Waals surface area contributed by atoms with Gasteiger partial charge in [0.1, 0.15) is 23.0 Å². The Kier molecular flexibility index (Phi) is 6.54. The van der Waals surface area contributed by atoms with E-state index in [1.54, 1.807) is 12.1 Å². The van der Waals surface area contributed by atoms with Crippen molar-refractivity contribution in [1.82, 2.24) is 20.3 Å². The third-order valence-corrected chi connectivity index (χ3v) is 6.21. The third kappa shape index (κ3) is 4.49. The van der Waals surface area contributed by atoms with E-state index in [1.165, 1.54) is 6.07 Å². The Morgan fingerprint density at radius 3 is 2.65 bits per heavy atom. The van der Waals surface area contributed by atoms with E-state index < -0.39 is 23.4 Å². The number of alkyl halides is 1. The van der Waals surface area contributed by atoms with Crippen LogP contribution in [0.15, 0.2) is 54.2 Å². The highest BCUT2D eigenvalue weighted by molar-refractivity contribution is 6.29. The molecule has 3 heterocycles. The van der Waals surface area contributed by atoms with Gasteiger partial charge in [0.25, 0.3) is 0 Å². The number of amides is 1. The van der Waals surface area contributed by atoms with Gasteiger partial charge in [-0.25, -0.2) is 14.8 Å². The van der Waals surface area contributed by atoms with Gasteiger partial charge in [0.05, 0.1) is 29.1 Å². The standard InChI is InChI=1S/C27H21ClN4O5/c1-2-3-10-37-27(36)20-11-16-14-6-4-5-7-17(14)30-23(16)25(32-20)18-9-8-15-21(33)12-19(29-22(34)13-28)26(35)24(15)31-18/h4-9,11-12,30H,2-3,10,13H2,1H3,(H,29,34). The molecule has 1 amide bonds. The smallest absolute Gasteiger partial charge is 0.356 e. The number of unbranched alkanes of at least 4 members (excludes halogenated alkanes) is 1. The summed E-state index contributed by atoms with van der Waals surface area (Å²) in [5.74, 6) is -2.67. The average Bonchev–Trinajstić information content (AvgIpc) is 3.29. The Morgan fingerprint density at radius 2 is 1.86 bits per heavy atom. The molecule has 3 aromatic heterocycles. The molecule has 0 radical (unpaired) electrons. The normalized spacial score (nSPS) is 13.0. The van der Waals surface area contributed by atoms with Crippen molar-refractivity contribution in [2.24, 2.45) is 0 Å². The summed E-state index contributed by atoms with van der Waals surface area (Å²) in [6, 6.07) is 12.3. The number of Topliss-reactive ketones (excluding diaryl/α,β-unsaturated/α-hetero) is 1. The maximum absolute atomic E-state index is 13.1. The van der Waals surface area contributed by atoms with Crippen molar-refractivity contribution in [3.63, 3.8) is 0 Å². The molecule has 0 bridgehead atoms. The molecule has 4 aromatic rings. The van der Waals surface area contributed by atoms with E-state index in [2.05, 4.69) is 20.3 Å². The molecule has 10 heteroatoms. The largest absolute Gasteiger partial charge is 0.461 e. The zero-order valence-electron chi connectivity index (χ0n) is 19.8. The van der Waals surface area contributed by atoms with Gasteiger partial charge in [0.15, 0.2) is 5.78 Å². The lowest BCUT2D eigenvalue weighted by atomic mass is 9.96. The minimum atomic E-state index is -0.627. The number of aromatic nitrogens is 3. The van der Waals surface area contributed by atoms with Crippen LogP contribution in [0.25, 0.3) is 33.2 Å². The second-order valence-corrected chi connectivity index (χ2v) is 8.73. The van der Waals surface area contributed by atoms with Gasteiger partial charge in [-0.15, -0.1) is 11.6 Å². The lowest BCUT2D eigenvalue weighted by Gasteiger charge is -2.16. The van der Waals surface area contributed by atoms with Crippen LogP contribution >= 0.6 is 11.6 Å². The monoisotopic (exact) mass is 516 g/mol. The van der Waals surface area contributed by atoms with Crippen molar-refractivity contribution in [3.8, 4) is 11.4 Å². The number of rotatable bonds is 7. The molecule has 0 saturated carbocycles. The molecular weight excluding hydrogens is 496 g/mol. The number of nitrogens with zero attached hydrogens (tertiary/aromatic N) is 2. The zero-order chi connectivity index (χ0) is 26.1. The lowest BCUT2D eigenvalue weighted by Crippen LogP contribution is -2.32. The Balaban J connectivity index is 1.65. The van der Waals surface area contributed by atoms with E-state index in [0.29, 0.717) is 11.2 Å². The number of H-pyrrole nitrogens is 1. The van der Waals surface area contributed by atoms with Crippen molar-refractivity contribution >= 4 is 56.8 Å². The molecule has 2 N–H and O–H groups in total. The maximum atomic E-state index is 13.1. The van der Waals surface area contributed by atoms with E-state index in [-0.39, 0.29) is 40.8 Å². The van der Waals surface area contributed by atoms with Gasteiger partial charge in [-0.1, -0.05) is 31.5 Å². The number of hydrogen-bond acceptors (Lipinski definition) is 7. The predicted octanol–water partition coefficient (Wildman–Crippen LogP) is 4.35. The SMILES string of the molecule is CCCCOC(=O)c1cc2c([nH]c3ccccc32)c(-c2ccc3c(n2)C(=O)C(NC(=O)CCl)=CC3=O)n1. The summed E-state index contributed by atoms with van der Waals surface area (Å²) in [6.07, 6.45) is 2.66. The van der Waals surface area contributed by atoms with Crippen LogP contribution in [-0.2, 0) is 9.53 Å². The number of halogens is 1. The molecule has 0 aliphatic heterocycles. The highest BCUT2D eigenvalue weighted by atomic mass is 35.5. The van der Waals surface area contributed by atoms with Crippen LogP contribution < -0.4 is 5.32 Å². The van der Waals surface area contributed by atoms with Crippen LogP contribution in [0.5, 0.6) is 0 Å². The second kappa shape index (κ2) is 9.94. The summed E-state index contributed by atoms with van der Waals surface area (Å²) in [6.45, 7) is 2.27. The summed E-state index contributed by atoms with van der Waals surface area (Å²) in [5.41, 5.74) is 1.89. The zero-order valence-corrected chi connectivity index (χ0v) is 20.5. The number of fused-ring (bicyclic) bond motifs is 4. The van der Waals surface area contributed by atoms with Crippen molar-refractivity contribution in [2.75, 3.05) is 12.5 Å². The predicted molar refractivity (Wildman–Crippen MR) is 138 cm³/mol. The number of nitrogens with one attached hydrogen (secondary N) is 2. The molecule has 1 aliphatic rings. The highest BCUT2D eigenvalue weighted by Gasteiger charge is 2.29. The molecule has 37 heavy (non-hydrogen) atoms. The number of aromatic amines is 1. The van der Waals surface area contributed by atoms with Crippen LogP contribution in [-0.4, -0.2) is 50.9 Å². The Labute approximate surface area is 215 Å². The van der Waals surface area contributed by atoms with Crippen LogP contribution in [0.2, 0.25) is 0 Å². The average molecular weight is 517 g/mol. The molecule has 0 spiro atoms. The number of hydrogen-bond donors (Lipinski definition) is 2. The van der Waals surface area contributed by atoms with Gasteiger partial charge >= 0.3 is 5.97 Å². The topological polar surface area (TPSA) is 131 Å². The minimum absolute atomic E-state index is 0.0974. The quantitative estimate of drug-likeness (QED) is 0.212. The number of carbonyl (C=O) groups excluding carboxylic acids is 4. The van der Waals surface area contributed by atoms with Crippen molar-refractivity contribution in [2.45, 2.75) is 19.8 Å². The fraction of sp³-hybridized carbons (Fsp3) is 0.185. The van der Waals surface area contributed by atoms with E-state index >= 15 is 0 Å². The van der Waals surface area contributed by atoms with E-state index in [4.69, 9.17) is 16.3 Å². The number of ketones is 2. The van der Waals surface area contributed by atoms with Crippen LogP contribution in [0.1, 0.15) is 51.1 Å². The molecular formula is C27H21ClN4O5. The van der Waals surface area contributed by atoms with E-state index in [1.807, 2.05) is 31.2 Å². The summed E-state index contributed by atoms with van der Waals surface area (Å²) >= 11 is 5.53. The summed E-state index contributed by atoms with van der Waals surface area (Å²) in [5, 5.41) is 3.95. The number of benzene rings is 1. The van der Waals surface area contributed by atoms with Gasteiger partial charge in [-0.3, -0.25) is 14.4 Å². The fourth-order valence-corrected chi connectivity index (χ4v) is 4.23. The van der Waals surface area contributed by atoms with Crippen LogP contribution in [0.4, 0.5) is 0 Å². The highest BCUT2D eigenvalue weighted by Crippen LogP contribution is 2.33. The Morgan fingerprint density at radius 1 is 1.05 bits per heavy atom. The molecule has 0 unspecified atom stereocenters. The number of esters is 1. The molecule has 5 rings (SSSR count). The molecule has 0 fully saturated rings. The van der Waals surface area contributed by atoms with Gasteiger partial charge in [0, 0.05) is 22.4 Å². The number of pyridine rings is 2. The summed E-state index contributed by atoms with van der Waals surface area (Å²) < 4.78 is 5.39. The number of carbonyl (C=O) groups is 4. The van der Waals surface area contributed by atoms with Gasteiger partial charge in [0.2, 0.25) is 11.7 Å². The van der Waals surface area contributed by atoms with Gasteiger partial charge in [-0.2, -0.15) is 0 Å². The second-order valence-electron chi connectivity index (χ2n) is 8.46.